The number of carbonyl (C=O) groups excluding carboxylic acids is 4. The van der Waals surface area contributed by atoms with Crippen molar-refractivity contribution in [3.05, 3.63) is 70.3 Å². The van der Waals surface area contributed by atoms with Gasteiger partial charge in [0.15, 0.2) is 11.6 Å². The number of phenols is 4. The van der Waals surface area contributed by atoms with Crippen molar-refractivity contribution in [3.8, 4) is 34.1 Å². The van der Waals surface area contributed by atoms with Crippen LogP contribution in [0.15, 0.2) is 48.0 Å². The molecule has 0 aliphatic heterocycles. The summed E-state index contributed by atoms with van der Waals surface area (Å²) in [5, 5.41) is 56.5. The normalized spacial score (nSPS) is 21.5. The number of Topliss-reactive ketones (excluding diaryl/α,β-unsaturated/α-hetero) is 3. The van der Waals surface area contributed by atoms with E-state index in [9.17, 15) is 44.7 Å². The van der Waals surface area contributed by atoms with E-state index in [2.05, 4.69) is 0 Å². The summed E-state index contributed by atoms with van der Waals surface area (Å²) in [4.78, 5) is 53.8. The standard InChI is InChI=1S/C34H28O9/c1-13-11-20(39)27-29(22(13)14(2)35)25(16-7-5-9-18(37)23(16)32(27)41)26-17-8-6-10-19(38)24(17)33(42)28-21(40)12-34(4,43)31(15(3)36)30(26)28/h5-11,22,31,37-38,41-43H,12H2,1-4H3/t22-,31-,34+/m0/s1. The largest absolute Gasteiger partial charge is 0.507 e. The molecule has 2 aliphatic carbocycles. The predicted octanol–water partition coefficient (Wildman–Crippen LogP) is 5.31. The molecule has 0 saturated carbocycles. The summed E-state index contributed by atoms with van der Waals surface area (Å²) < 4.78 is 0. The van der Waals surface area contributed by atoms with Gasteiger partial charge in [-0.3, -0.25) is 19.2 Å². The lowest BCUT2D eigenvalue weighted by molar-refractivity contribution is -0.124. The van der Waals surface area contributed by atoms with E-state index in [1.807, 2.05) is 0 Å². The molecule has 0 unspecified atom stereocenters. The molecule has 0 spiro atoms. The Hall–Kier alpha value is -5.02. The Labute approximate surface area is 245 Å². The van der Waals surface area contributed by atoms with Gasteiger partial charge in [0.1, 0.15) is 34.6 Å². The van der Waals surface area contributed by atoms with Crippen LogP contribution in [0.4, 0.5) is 0 Å². The van der Waals surface area contributed by atoms with Crippen LogP contribution in [-0.2, 0) is 9.59 Å². The highest BCUT2D eigenvalue weighted by Crippen LogP contribution is 2.57. The van der Waals surface area contributed by atoms with E-state index in [1.54, 1.807) is 19.1 Å². The van der Waals surface area contributed by atoms with E-state index in [0.717, 1.165) is 0 Å². The van der Waals surface area contributed by atoms with Gasteiger partial charge in [-0.15, -0.1) is 0 Å². The molecule has 6 rings (SSSR count). The summed E-state index contributed by atoms with van der Waals surface area (Å²) in [6, 6.07) is 8.72. The summed E-state index contributed by atoms with van der Waals surface area (Å²) >= 11 is 0. The Morgan fingerprint density at radius 2 is 1.28 bits per heavy atom. The first kappa shape index (κ1) is 28.1. The molecule has 4 aromatic rings. The van der Waals surface area contributed by atoms with Crippen LogP contribution in [0.3, 0.4) is 0 Å². The number of ketones is 4. The summed E-state index contributed by atoms with van der Waals surface area (Å²) in [5.74, 6) is -6.46. The molecular formula is C34H28O9. The number of allylic oxidation sites excluding steroid dienone is 2. The topological polar surface area (TPSA) is 169 Å². The van der Waals surface area contributed by atoms with Crippen molar-refractivity contribution in [1.82, 2.24) is 0 Å². The Kier molecular flexibility index (Phi) is 6.04. The van der Waals surface area contributed by atoms with Crippen molar-refractivity contribution in [1.29, 1.82) is 0 Å². The van der Waals surface area contributed by atoms with Gasteiger partial charge < -0.3 is 25.5 Å². The fourth-order valence-corrected chi connectivity index (χ4v) is 7.27. The van der Waals surface area contributed by atoms with Crippen molar-refractivity contribution in [3.63, 3.8) is 0 Å². The number of hydrogen-bond acceptors (Lipinski definition) is 9. The summed E-state index contributed by atoms with van der Waals surface area (Å²) in [5.41, 5.74) is -1.72. The maximum atomic E-state index is 13.7. The average molecular weight is 581 g/mol. The minimum atomic E-state index is -1.89. The van der Waals surface area contributed by atoms with Gasteiger partial charge in [0.2, 0.25) is 0 Å². The molecular weight excluding hydrogens is 552 g/mol. The van der Waals surface area contributed by atoms with E-state index < -0.39 is 52.7 Å². The highest BCUT2D eigenvalue weighted by Gasteiger charge is 2.49. The number of benzene rings is 4. The zero-order chi connectivity index (χ0) is 31.3. The number of fused-ring (bicyclic) bond motifs is 4. The van der Waals surface area contributed by atoms with Gasteiger partial charge in [-0.1, -0.05) is 29.8 Å². The fraction of sp³-hybridized carbons (Fsp3) is 0.235. The highest BCUT2D eigenvalue weighted by molar-refractivity contribution is 6.24. The second-order valence-corrected chi connectivity index (χ2v) is 11.7. The van der Waals surface area contributed by atoms with Crippen molar-refractivity contribution in [2.75, 3.05) is 0 Å². The quantitative estimate of drug-likeness (QED) is 0.216. The molecule has 0 heterocycles. The molecule has 0 saturated heterocycles. The van der Waals surface area contributed by atoms with Gasteiger partial charge in [0.05, 0.1) is 39.3 Å². The Morgan fingerprint density at radius 1 is 0.767 bits per heavy atom. The Balaban J connectivity index is 2.01. The van der Waals surface area contributed by atoms with Gasteiger partial charge in [0, 0.05) is 6.42 Å². The molecule has 43 heavy (non-hydrogen) atoms. The van der Waals surface area contributed by atoms with Crippen LogP contribution in [0.5, 0.6) is 23.0 Å². The predicted molar refractivity (Wildman–Crippen MR) is 158 cm³/mol. The molecule has 2 aliphatic rings. The van der Waals surface area contributed by atoms with Crippen LogP contribution < -0.4 is 0 Å². The molecule has 0 fully saturated rings. The van der Waals surface area contributed by atoms with Crippen molar-refractivity contribution < 1.29 is 44.7 Å². The van der Waals surface area contributed by atoms with Crippen LogP contribution in [0.25, 0.3) is 32.7 Å². The van der Waals surface area contributed by atoms with Crippen LogP contribution in [0, 0.1) is 0 Å². The molecule has 3 atom stereocenters. The second-order valence-electron chi connectivity index (χ2n) is 11.7. The number of phenolic OH excluding ortho intramolecular Hbond substituents is 4. The third-order valence-electron chi connectivity index (χ3n) is 8.77. The first-order valence-corrected chi connectivity index (χ1v) is 13.7. The molecule has 0 bridgehead atoms. The minimum absolute atomic E-state index is 0.0381. The summed E-state index contributed by atoms with van der Waals surface area (Å²) in [6.07, 6.45) is 0.745. The summed E-state index contributed by atoms with van der Waals surface area (Å²) in [6.45, 7) is 5.52. The third-order valence-corrected chi connectivity index (χ3v) is 8.77. The lowest BCUT2D eigenvalue weighted by atomic mass is 9.65. The van der Waals surface area contributed by atoms with E-state index in [-0.39, 0.29) is 72.2 Å². The number of hydrogen-bond donors (Lipinski definition) is 5. The zero-order valence-corrected chi connectivity index (χ0v) is 23.8. The lowest BCUT2D eigenvalue weighted by Crippen LogP contribution is -2.43. The number of aromatic hydroxyl groups is 4. The molecule has 9 nitrogen and oxygen atoms in total. The zero-order valence-electron chi connectivity index (χ0n) is 23.8. The van der Waals surface area contributed by atoms with E-state index >= 15 is 0 Å². The SMILES string of the molecule is CC(=O)[C@@H]1C(C)=CC(=O)c2c1c(-c1c3c(c(O)c4c(O)cccc14)C(=O)C[C@@](C)(O)[C@H]3C(C)=O)c1cccc(O)c1c2O. The monoisotopic (exact) mass is 580 g/mol. The third kappa shape index (κ3) is 3.74. The molecule has 0 radical (unpaired) electrons. The molecule has 5 N–H and O–H groups in total. The smallest absolute Gasteiger partial charge is 0.189 e. The summed E-state index contributed by atoms with van der Waals surface area (Å²) in [7, 11) is 0. The molecule has 0 aromatic heterocycles. The number of aliphatic hydroxyl groups is 1. The maximum Gasteiger partial charge on any atom is 0.189 e. The van der Waals surface area contributed by atoms with E-state index in [1.165, 1.54) is 51.1 Å². The molecule has 4 aromatic carbocycles. The van der Waals surface area contributed by atoms with E-state index in [0.29, 0.717) is 5.57 Å². The van der Waals surface area contributed by atoms with Gasteiger partial charge in [0.25, 0.3) is 0 Å². The molecule has 218 valence electrons. The first-order valence-electron chi connectivity index (χ1n) is 13.7. The maximum absolute atomic E-state index is 13.7. The fourth-order valence-electron chi connectivity index (χ4n) is 7.27. The van der Waals surface area contributed by atoms with Crippen molar-refractivity contribution >= 4 is 44.7 Å². The van der Waals surface area contributed by atoms with Gasteiger partial charge >= 0.3 is 0 Å². The Morgan fingerprint density at radius 3 is 1.79 bits per heavy atom. The van der Waals surface area contributed by atoms with E-state index in [4.69, 9.17) is 0 Å². The molecule has 0 amide bonds. The van der Waals surface area contributed by atoms with Crippen LogP contribution in [0.1, 0.15) is 77.8 Å². The van der Waals surface area contributed by atoms with Crippen LogP contribution >= 0.6 is 0 Å². The average Bonchev–Trinajstić information content (AvgIpc) is 2.88. The minimum Gasteiger partial charge on any atom is -0.507 e. The molecule has 9 heteroatoms. The number of rotatable bonds is 3. The van der Waals surface area contributed by atoms with Crippen LogP contribution in [-0.4, -0.2) is 54.3 Å². The Bertz CT molecular complexity index is 2030. The lowest BCUT2D eigenvalue weighted by Gasteiger charge is -2.39. The van der Waals surface area contributed by atoms with Crippen LogP contribution in [0.2, 0.25) is 0 Å². The van der Waals surface area contributed by atoms with Crippen molar-refractivity contribution in [2.45, 2.75) is 51.6 Å². The van der Waals surface area contributed by atoms with Gasteiger partial charge in [-0.25, -0.2) is 0 Å². The highest BCUT2D eigenvalue weighted by atomic mass is 16.3. The number of carbonyl (C=O) groups is 4. The first-order chi connectivity index (χ1) is 20.2. The second kappa shape index (κ2) is 9.24. The van der Waals surface area contributed by atoms with Gasteiger partial charge in [-0.2, -0.15) is 0 Å². The van der Waals surface area contributed by atoms with Crippen molar-refractivity contribution in [2.24, 2.45) is 0 Å². The van der Waals surface area contributed by atoms with Gasteiger partial charge in [-0.05, 0) is 78.9 Å².